The van der Waals surface area contributed by atoms with E-state index in [4.69, 9.17) is 16.6 Å². The van der Waals surface area contributed by atoms with E-state index >= 15 is 0 Å². The Labute approximate surface area is 239 Å². The molecule has 1 aliphatic heterocycles. The molecule has 0 atom stereocenters. The highest BCUT2D eigenvalue weighted by molar-refractivity contribution is 6.32. The standard InChI is InChI=1S/C29H29ClF3N5O3/c30-24-15-19(3-6-26(24)41-29(31,32)33)17-34-8-1-2-10-37-11-13-38(14-12-37)27-22-7-9-35-18-23(22)21-5-4-20(28(39)40)16-25(21)36-27/h3-7,9,15-16,18,34H,1-2,8,10-14,17H2,(H,39,40). The van der Waals surface area contributed by atoms with E-state index in [9.17, 15) is 23.1 Å². The molecule has 41 heavy (non-hydrogen) atoms. The van der Waals surface area contributed by atoms with Gasteiger partial charge in [-0.15, -0.1) is 13.2 Å². The highest BCUT2D eigenvalue weighted by Crippen LogP contribution is 2.32. The average molecular weight is 588 g/mol. The fourth-order valence-corrected chi connectivity index (χ4v) is 5.31. The highest BCUT2D eigenvalue weighted by Gasteiger charge is 2.32. The number of carboxylic acids is 1. The van der Waals surface area contributed by atoms with Crippen LogP contribution in [-0.2, 0) is 6.54 Å². The van der Waals surface area contributed by atoms with Gasteiger partial charge < -0.3 is 20.1 Å². The summed E-state index contributed by atoms with van der Waals surface area (Å²) in [7, 11) is 0. The number of unbranched alkanes of at least 4 members (excludes halogenated alkanes) is 1. The van der Waals surface area contributed by atoms with Crippen LogP contribution in [0.15, 0.2) is 54.9 Å². The number of halogens is 4. The largest absolute Gasteiger partial charge is 0.573 e. The number of carboxylic acid groups (broad SMARTS) is 1. The number of rotatable bonds is 10. The minimum absolute atomic E-state index is 0.0747. The Morgan fingerprint density at radius 1 is 1.02 bits per heavy atom. The summed E-state index contributed by atoms with van der Waals surface area (Å²) in [6.45, 7) is 5.63. The van der Waals surface area contributed by atoms with Crippen LogP contribution < -0.4 is 15.0 Å². The first-order valence-corrected chi connectivity index (χ1v) is 13.7. The van der Waals surface area contributed by atoms with Gasteiger partial charge in [-0.2, -0.15) is 0 Å². The van der Waals surface area contributed by atoms with E-state index in [1.54, 1.807) is 36.7 Å². The second-order valence-electron chi connectivity index (χ2n) is 9.92. The fourth-order valence-electron chi connectivity index (χ4n) is 5.07. The Hall–Kier alpha value is -3.67. The van der Waals surface area contributed by atoms with Crippen LogP contribution in [0.25, 0.3) is 21.7 Å². The maximum absolute atomic E-state index is 12.4. The van der Waals surface area contributed by atoms with Crippen LogP contribution in [0.2, 0.25) is 5.02 Å². The molecule has 12 heteroatoms. The van der Waals surface area contributed by atoms with Crippen molar-refractivity contribution in [3.63, 3.8) is 0 Å². The van der Waals surface area contributed by atoms with E-state index in [-0.39, 0.29) is 10.6 Å². The number of aromatic nitrogens is 2. The zero-order valence-electron chi connectivity index (χ0n) is 22.1. The molecular formula is C29H29ClF3N5O3. The molecule has 2 aromatic heterocycles. The topological polar surface area (TPSA) is 90.8 Å². The van der Waals surface area contributed by atoms with Gasteiger partial charge >= 0.3 is 12.3 Å². The lowest BCUT2D eigenvalue weighted by molar-refractivity contribution is -0.274. The van der Waals surface area contributed by atoms with Crippen molar-refractivity contribution in [2.45, 2.75) is 25.7 Å². The zero-order valence-corrected chi connectivity index (χ0v) is 22.9. The summed E-state index contributed by atoms with van der Waals surface area (Å²) in [5, 5.41) is 15.5. The molecule has 2 aromatic carbocycles. The minimum atomic E-state index is -4.77. The van der Waals surface area contributed by atoms with Crippen molar-refractivity contribution in [2.75, 3.05) is 44.2 Å². The molecule has 0 amide bonds. The SMILES string of the molecule is O=C(O)c1ccc2c(c1)nc(N1CCN(CCCCNCc3ccc(OC(F)(F)F)c(Cl)c3)CC1)c1ccncc12. The Bertz CT molecular complexity index is 1540. The normalized spacial score (nSPS) is 14.6. The number of pyridine rings is 2. The number of fused-ring (bicyclic) bond motifs is 3. The van der Waals surface area contributed by atoms with Crippen molar-refractivity contribution < 1.29 is 27.8 Å². The molecule has 1 saturated heterocycles. The second kappa shape index (κ2) is 12.5. The summed E-state index contributed by atoms with van der Waals surface area (Å²) in [4.78, 5) is 25.3. The minimum Gasteiger partial charge on any atom is -0.478 e. The molecular weight excluding hydrogens is 559 g/mol. The third kappa shape index (κ3) is 7.16. The van der Waals surface area contributed by atoms with E-state index in [1.165, 1.54) is 12.1 Å². The Kier molecular flexibility index (Phi) is 8.77. The summed E-state index contributed by atoms with van der Waals surface area (Å²) >= 11 is 5.92. The molecule has 4 aromatic rings. The maximum Gasteiger partial charge on any atom is 0.573 e. The van der Waals surface area contributed by atoms with Gasteiger partial charge in [-0.3, -0.25) is 9.88 Å². The molecule has 0 bridgehead atoms. The van der Waals surface area contributed by atoms with E-state index in [0.717, 1.165) is 79.7 Å². The number of nitrogens with zero attached hydrogens (tertiary/aromatic N) is 4. The number of alkyl halides is 3. The third-order valence-corrected chi connectivity index (χ3v) is 7.42. The number of hydrogen-bond donors (Lipinski definition) is 2. The molecule has 1 fully saturated rings. The van der Waals surface area contributed by atoms with Gasteiger partial charge in [0.2, 0.25) is 0 Å². The van der Waals surface area contributed by atoms with Crippen LogP contribution in [0.3, 0.4) is 0 Å². The van der Waals surface area contributed by atoms with Crippen molar-refractivity contribution >= 4 is 45.1 Å². The van der Waals surface area contributed by atoms with Crippen LogP contribution in [0.1, 0.15) is 28.8 Å². The fraction of sp³-hybridized carbons (Fsp3) is 0.345. The van der Waals surface area contributed by atoms with Crippen molar-refractivity contribution in [3.05, 3.63) is 71.0 Å². The van der Waals surface area contributed by atoms with E-state index < -0.39 is 18.1 Å². The lowest BCUT2D eigenvalue weighted by Crippen LogP contribution is -2.47. The summed E-state index contributed by atoms with van der Waals surface area (Å²) in [5.74, 6) is -0.542. The summed E-state index contributed by atoms with van der Waals surface area (Å²) in [5.41, 5.74) is 1.63. The summed E-state index contributed by atoms with van der Waals surface area (Å²) in [6, 6.07) is 11.2. The Balaban J connectivity index is 1.10. The molecule has 1 aliphatic rings. The average Bonchev–Trinajstić information content (AvgIpc) is 2.95. The van der Waals surface area contributed by atoms with Gasteiger partial charge in [-0.25, -0.2) is 9.78 Å². The first kappa shape index (κ1) is 28.8. The van der Waals surface area contributed by atoms with Crippen molar-refractivity contribution in [1.82, 2.24) is 20.2 Å². The van der Waals surface area contributed by atoms with Gasteiger partial charge in [0.15, 0.2) is 0 Å². The predicted octanol–water partition coefficient (Wildman–Crippen LogP) is 5.73. The van der Waals surface area contributed by atoms with Crippen LogP contribution >= 0.6 is 11.6 Å². The van der Waals surface area contributed by atoms with Crippen molar-refractivity contribution in [2.24, 2.45) is 0 Å². The number of benzene rings is 2. The molecule has 5 rings (SSSR count). The third-order valence-electron chi connectivity index (χ3n) is 7.12. The molecule has 0 unspecified atom stereocenters. The molecule has 8 nitrogen and oxygen atoms in total. The number of aromatic carboxylic acids is 1. The quantitative estimate of drug-likeness (QED) is 0.180. The first-order valence-electron chi connectivity index (χ1n) is 13.3. The smallest absolute Gasteiger partial charge is 0.478 e. The zero-order chi connectivity index (χ0) is 29.0. The molecule has 3 heterocycles. The summed E-state index contributed by atoms with van der Waals surface area (Å²) in [6.07, 6.45) is 0.746. The lowest BCUT2D eigenvalue weighted by Gasteiger charge is -2.36. The highest BCUT2D eigenvalue weighted by atomic mass is 35.5. The number of hydrogen-bond acceptors (Lipinski definition) is 7. The van der Waals surface area contributed by atoms with Crippen LogP contribution in [-0.4, -0.2) is 71.6 Å². The first-order chi connectivity index (χ1) is 19.7. The summed E-state index contributed by atoms with van der Waals surface area (Å²) < 4.78 is 41.1. The van der Waals surface area contributed by atoms with Gasteiger partial charge in [0.1, 0.15) is 11.6 Å². The van der Waals surface area contributed by atoms with Gasteiger partial charge in [-0.05, 0) is 61.8 Å². The number of piperazine rings is 1. The van der Waals surface area contributed by atoms with Gasteiger partial charge in [0.25, 0.3) is 0 Å². The second-order valence-corrected chi connectivity index (χ2v) is 10.3. The van der Waals surface area contributed by atoms with Crippen LogP contribution in [0.5, 0.6) is 5.75 Å². The number of carbonyl (C=O) groups is 1. The van der Waals surface area contributed by atoms with E-state index in [2.05, 4.69) is 24.8 Å². The monoisotopic (exact) mass is 587 g/mol. The van der Waals surface area contributed by atoms with Crippen molar-refractivity contribution in [1.29, 1.82) is 0 Å². The molecule has 0 radical (unpaired) electrons. The molecule has 0 saturated carbocycles. The molecule has 2 N–H and O–H groups in total. The number of nitrogens with one attached hydrogen (secondary N) is 1. The van der Waals surface area contributed by atoms with Gasteiger partial charge in [-0.1, -0.05) is 23.7 Å². The van der Waals surface area contributed by atoms with Crippen LogP contribution in [0.4, 0.5) is 19.0 Å². The Morgan fingerprint density at radius 3 is 2.56 bits per heavy atom. The van der Waals surface area contributed by atoms with Crippen LogP contribution in [0, 0.1) is 0 Å². The van der Waals surface area contributed by atoms with E-state index in [1.807, 2.05) is 6.07 Å². The van der Waals surface area contributed by atoms with Gasteiger partial charge in [0, 0.05) is 61.3 Å². The molecule has 216 valence electrons. The number of ether oxygens (including phenoxy) is 1. The maximum atomic E-state index is 12.4. The Morgan fingerprint density at radius 2 is 1.83 bits per heavy atom. The number of anilines is 1. The molecule has 0 aliphatic carbocycles. The predicted molar refractivity (Wildman–Crippen MR) is 152 cm³/mol. The molecule has 0 spiro atoms. The van der Waals surface area contributed by atoms with E-state index in [0.29, 0.717) is 12.1 Å². The van der Waals surface area contributed by atoms with Gasteiger partial charge in [0.05, 0.1) is 16.1 Å². The van der Waals surface area contributed by atoms with Crippen molar-refractivity contribution in [3.8, 4) is 5.75 Å². The lowest BCUT2D eigenvalue weighted by atomic mass is 10.1.